The van der Waals surface area contributed by atoms with Crippen LogP contribution in [0.4, 0.5) is 0 Å². The second-order valence-corrected chi connectivity index (χ2v) is 6.39. The molecule has 0 saturated carbocycles. The average Bonchev–Trinajstić information content (AvgIpc) is 2.82. The van der Waals surface area contributed by atoms with Crippen LogP contribution in [0.3, 0.4) is 0 Å². The standard InChI is InChI=1S/C16H32N4O/c1-6-16(13-21,18-14(2)3)8-7-10-19(4)12-15-17-9-11-20(15)5/h9,11,14,18,21H,6-8,10,12-13H2,1-5H3. The molecule has 1 aromatic rings. The highest BCUT2D eigenvalue weighted by Gasteiger charge is 2.27. The number of aryl methyl sites for hydroxylation is 1. The fraction of sp³-hybridized carbons (Fsp3) is 0.812. The van der Waals surface area contributed by atoms with Gasteiger partial charge in [0.05, 0.1) is 13.2 Å². The molecule has 0 radical (unpaired) electrons. The highest BCUT2D eigenvalue weighted by molar-refractivity contribution is 4.91. The Morgan fingerprint density at radius 1 is 1.48 bits per heavy atom. The third-order valence-electron chi connectivity index (χ3n) is 4.10. The lowest BCUT2D eigenvalue weighted by Gasteiger charge is -2.35. The molecule has 0 aliphatic heterocycles. The van der Waals surface area contributed by atoms with E-state index in [2.05, 4.69) is 47.6 Å². The SMILES string of the molecule is CCC(CO)(CCCN(C)Cc1nccn1C)NC(C)C. The van der Waals surface area contributed by atoms with Crippen LogP contribution in [-0.4, -0.2) is 51.3 Å². The molecule has 1 unspecified atom stereocenters. The molecule has 5 nitrogen and oxygen atoms in total. The largest absolute Gasteiger partial charge is 0.394 e. The van der Waals surface area contributed by atoms with Crippen LogP contribution in [0.5, 0.6) is 0 Å². The van der Waals surface area contributed by atoms with E-state index >= 15 is 0 Å². The van der Waals surface area contributed by atoms with Gasteiger partial charge in [-0.1, -0.05) is 20.8 Å². The third kappa shape index (κ3) is 5.77. The van der Waals surface area contributed by atoms with Gasteiger partial charge < -0.3 is 15.0 Å². The Bertz CT molecular complexity index is 399. The van der Waals surface area contributed by atoms with Gasteiger partial charge in [-0.05, 0) is 32.9 Å². The number of aliphatic hydroxyl groups excluding tert-OH is 1. The number of aromatic nitrogens is 2. The van der Waals surface area contributed by atoms with Crippen molar-refractivity contribution in [3.63, 3.8) is 0 Å². The molecule has 21 heavy (non-hydrogen) atoms. The van der Waals surface area contributed by atoms with Crippen molar-refractivity contribution in [2.75, 3.05) is 20.2 Å². The topological polar surface area (TPSA) is 53.3 Å². The third-order valence-corrected chi connectivity index (χ3v) is 4.10. The Morgan fingerprint density at radius 2 is 2.19 bits per heavy atom. The van der Waals surface area contributed by atoms with Crippen molar-refractivity contribution in [2.45, 2.75) is 58.2 Å². The van der Waals surface area contributed by atoms with Crippen LogP contribution >= 0.6 is 0 Å². The van der Waals surface area contributed by atoms with Crippen molar-refractivity contribution in [1.82, 2.24) is 19.8 Å². The Labute approximate surface area is 129 Å². The molecule has 122 valence electrons. The summed E-state index contributed by atoms with van der Waals surface area (Å²) in [6.45, 7) is 8.47. The summed E-state index contributed by atoms with van der Waals surface area (Å²) in [5.74, 6) is 1.08. The van der Waals surface area contributed by atoms with Crippen molar-refractivity contribution in [1.29, 1.82) is 0 Å². The number of hydrogen-bond donors (Lipinski definition) is 2. The molecular formula is C16H32N4O. The quantitative estimate of drug-likeness (QED) is 0.691. The molecule has 1 rings (SSSR count). The van der Waals surface area contributed by atoms with Gasteiger partial charge in [0.1, 0.15) is 5.82 Å². The summed E-state index contributed by atoms with van der Waals surface area (Å²) in [6.07, 6.45) is 6.82. The van der Waals surface area contributed by atoms with E-state index in [-0.39, 0.29) is 12.1 Å². The normalized spacial score (nSPS) is 14.9. The van der Waals surface area contributed by atoms with Crippen LogP contribution in [0.1, 0.15) is 45.9 Å². The molecule has 0 saturated heterocycles. The first-order valence-electron chi connectivity index (χ1n) is 7.95. The predicted molar refractivity (Wildman–Crippen MR) is 87.2 cm³/mol. The maximum Gasteiger partial charge on any atom is 0.122 e. The van der Waals surface area contributed by atoms with E-state index in [9.17, 15) is 5.11 Å². The summed E-state index contributed by atoms with van der Waals surface area (Å²) in [4.78, 5) is 6.64. The zero-order valence-electron chi connectivity index (χ0n) is 14.3. The van der Waals surface area contributed by atoms with Gasteiger partial charge >= 0.3 is 0 Å². The lowest BCUT2D eigenvalue weighted by Crippen LogP contribution is -2.51. The highest BCUT2D eigenvalue weighted by atomic mass is 16.3. The summed E-state index contributed by atoms with van der Waals surface area (Å²) in [5, 5.41) is 13.3. The minimum absolute atomic E-state index is 0.141. The monoisotopic (exact) mass is 296 g/mol. The molecular weight excluding hydrogens is 264 g/mol. The van der Waals surface area contributed by atoms with Crippen LogP contribution in [0.25, 0.3) is 0 Å². The van der Waals surface area contributed by atoms with Gasteiger partial charge in [-0.3, -0.25) is 4.90 Å². The number of rotatable bonds is 10. The maximum atomic E-state index is 9.75. The number of imidazole rings is 1. The Balaban J connectivity index is 2.41. The molecule has 1 heterocycles. The lowest BCUT2D eigenvalue weighted by molar-refractivity contribution is 0.131. The van der Waals surface area contributed by atoms with Crippen molar-refractivity contribution in [3.05, 3.63) is 18.2 Å². The van der Waals surface area contributed by atoms with E-state index in [1.54, 1.807) is 0 Å². The minimum Gasteiger partial charge on any atom is -0.394 e. The number of nitrogens with zero attached hydrogens (tertiary/aromatic N) is 3. The minimum atomic E-state index is -0.141. The van der Waals surface area contributed by atoms with E-state index in [4.69, 9.17) is 0 Å². The molecule has 0 aliphatic rings. The van der Waals surface area contributed by atoms with E-state index in [1.165, 1.54) is 0 Å². The molecule has 1 aromatic heterocycles. The summed E-state index contributed by atoms with van der Waals surface area (Å²) >= 11 is 0. The van der Waals surface area contributed by atoms with Gasteiger partial charge in [-0.2, -0.15) is 0 Å². The fourth-order valence-electron chi connectivity index (χ4n) is 2.76. The van der Waals surface area contributed by atoms with Gasteiger partial charge in [0.2, 0.25) is 0 Å². The molecule has 1 atom stereocenters. The molecule has 2 N–H and O–H groups in total. The molecule has 0 bridgehead atoms. The van der Waals surface area contributed by atoms with Gasteiger partial charge in [0.25, 0.3) is 0 Å². The van der Waals surface area contributed by atoms with Gasteiger partial charge in [0, 0.05) is 31.0 Å². The van der Waals surface area contributed by atoms with E-state index < -0.39 is 0 Å². The van der Waals surface area contributed by atoms with Crippen molar-refractivity contribution >= 4 is 0 Å². The summed E-state index contributed by atoms with van der Waals surface area (Å²) in [6, 6.07) is 0.391. The summed E-state index contributed by atoms with van der Waals surface area (Å²) in [5.41, 5.74) is -0.141. The smallest absolute Gasteiger partial charge is 0.122 e. The van der Waals surface area contributed by atoms with Crippen LogP contribution in [-0.2, 0) is 13.6 Å². The highest BCUT2D eigenvalue weighted by Crippen LogP contribution is 2.18. The van der Waals surface area contributed by atoms with Crippen molar-refractivity contribution in [3.8, 4) is 0 Å². The van der Waals surface area contributed by atoms with Crippen LogP contribution < -0.4 is 5.32 Å². The zero-order valence-corrected chi connectivity index (χ0v) is 14.3. The van der Waals surface area contributed by atoms with E-state index in [0.29, 0.717) is 6.04 Å². The molecule has 5 heteroatoms. The first-order chi connectivity index (χ1) is 9.92. The molecule has 0 fully saturated rings. The van der Waals surface area contributed by atoms with Crippen LogP contribution in [0.15, 0.2) is 12.4 Å². The van der Waals surface area contributed by atoms with Gasteiger partial charge in [-0.15, -0.1) is 0 Å². The van der Waals surface area contributed by atoms with E-state index in [1.807, 2.05) is 19.4 Å². The second-order valence-electron chi connectivity index (χ2n) is 6.39. The van der Waals surface area contributed by atoms with Gasteiger partial charge in [-0.25, -0.2) is 4.98 Å². The van der Waals surface area contributed by atoms with Crippen LogP contribution in [0, 0.1) is 0 Å². The van der Waals surface area contributed by atoms with Crippen molar-refractivity contribution < 1.29 is 5.11 Å². The second kappa shape index (κ2) is 8.51. The Hall–Kier alpha value is -0.910. The average molecular weight is 296 g/mol. The fourth-order valence-corrected chi connectivity index (χ4v) is 2.76. The summed E-state index contributed by atoms with van der Waals surface area (Å²) in [7, 11) is 4.15. The Kier molecular flexibility index (Phi) is 7.35. The first-order valence-corrected chi connectivity index (χ1v) is 7.95. The van der Waals surface area contributed by atoms with Crippen LogP contribution in [0.2, 0.25) is 0 Å². The molecule has 0 amide bonds. The molecule has 0 aliphatic carbocycles. The summed E-state index contributed by atoms with van der Waals surface area (Å²) < 4.78 is 2.06. The number of aliphatic hydroxyl groups is 1. The Morgan fingerprint density at radius 3 is 2.67 bits per heavy atom. The lowest BCUT2D eigenvalue weighted by atomic mass is 9.90. The van der Waals surface area contributed by atoms with Gasteiger partial charge in [0.15, 0.2) is 0 Å². The number of hydrogen-bond acceptors (Lipinski definition) is 4. The first kappa shape index (κ1) is 18.1. The zero-order chi connectivity index (χ0) is 15.9. The predicted octanol–water partition coefficient (Wildman–Crippen LogP) is 1.77. The molecule has 0 spiro atoms. The maximum absolute atomic E-state index is 9.75. The van der Waals surface area contributed by atoms with E-state index in [0.717, 1.165) is 38.2 Å². The van der Waals surface area contributed by atoms with Crippen molar-refractivity contribution in [2.24, 2.45) is 7.05 Å². The molecule has 0 aromatic carbocycles. The number of nitrogens with one attached hydrogen (secondary N) is 1.